The molecule has 1 aromatic heterocycles. The van der Waals surface area contributed by atoms with Crippen molar-refractivity contribution in [2.75, 3.05) is 26.2 Å². The zero-order chi connectivity index (χ0) is 18.7. The van der Waals surface area contributed by atoms with Gasteiger partial charge in [-0.1, -0.05) is 50.2 Å². The first-order valence-electron chi connectivity index (χ1n) is 8.78. The van der Waals surface area contributed by atoms with Crippen LogP contribution in [-0.4, -0.2) is 49.7 Å². The van der Waals surface area contributed by atoms with Crippen LogP contribution in [0.25, 0.3) is 0 Å². The van der Waals surface area contributed by atoms with Gasteiger partial charge in [-0.15, -0.1) is 11.3 Å². The summed E-state index contributed by atoms with van der Waals surface area (Å²) in [7, 11) is -3.44. The Morgan fingerprint density at radius 2 is 1.65 bits per heavy atom. The van der Waals surface area contributed by atoms with Crippen molar-refractivity contribution in [2.45, 2.75) is 24.0 Å². The minimum Gasteiger partial charge on any atom is -0.340 e. The van der Waals surface area contributed by atoms with Gasteiger partial charge in [-0.05, 0) is 22.9 Å². The summed E-state index contributed by atoms with van der Waals surface area (Å²) in [4.78, 5) is 14.9. The van der Waals surface area contributed by atoms with Crippen molar-refractivity contribution in [1.82, 2.24) is 9.21 Å². The van der Waals surface area contributed by atoms with Gasteiger partial charge in [0.2, 0.25) is 5.91 Å². The molecular formula is C19H24N2O3S2. The molecule has 3 rings (SSSR count). The Kier molecular flexibility index (Phi) is 5.79. The number of carbonyl (C=O) groups is 1. The second kappa shape index (κ2) is 7.90. The quantitative estimate of drug-likeness (QED) is 0.786. The number of amides is 1. The number of carbonyl (C=O) groups excluding carboxylic acids is 1. The van der Waals surface area contributed by atoms with Crippen molar-refractivity contribution in [3.8, 4) is 0 Å². The molecule has 0 N–H and O–H groups in total. The average Bonchev–Trinajstić information content (AvgIpc) is 3.18. The highest BCUT2D eigenvalue weighted by Gasteiger charge is 2.34. The first-order chi connectivity index (χ1) is 12.4. The fraction of sp³-hybridized carbons (Fsp3) is 0.421. The third-order valence-electron chi connectivity index (χ3n) is 4.73. The number of piperazine rings is 1. The Balaban J connectivity index is 1.70. The molecule has 0 aliphatic carbocycles. The monoisotopic (exact) mass is 392 g/mol. The Labute approximate surface area is 159 Å². The molecule has 1 aliphatic heterocycles. The Hall–Kier alpha value is -1.70. The zero-order valence-electron chi connectivity index (χ0n) is 15.0. The summed E-state index contributed by atoms with van der Waals surface area (Å²) in [6.07, 6.45) is 0. The fourth-order valence-electron chi connectivity index (χ4n) is 3.36. The van der Waals surface area contributed by atoms with Crippen LogP contribution in [0.3, 0.4) is 0 Å². The third kappa shape index (κ3) is 3.84. The lowest BCUT2D eigenvalue weighted by Gasteiger charge is -2.36. The lowest BCUT2D eigenvalue weighted by atomic mass is 9.87. The zero-order valence-corrected chi connectivity index (χ0v) is 16.7. The smallest absolute Gasteiger partial charge is 0.252 e. The number of thiophene rings is 1. The van der Waals surface area contributed by atoms with E-state index in [1.807, 2.05) is 44.2 Å². The van der Waals surface area contributed by atoms with Crippen molar-refractivity contribution >= 4 is 27.3 Å². The van der Waals surface area contributed by atoms with E-state index in [0.29, 0.717) is 30.4 Å². The normalized spacial score (nSPS) is 17.4. The number of sulfonamides is 1. The highest BCUT2D eigenvalue weighted by atomic mass is 32.2. The van der Waals surface area contributed by atoms with Gasteiger partial charge in [0.05, 0.1) is 5.92 Å². The van der Waals surface area contributed by atoms with Crippen LogP contribution in [0.15, 0.2) is 52.1 Å². The van der Waals surface area contributed by atoms with Gasteiger partial charge in [-0.2, -0.15) is 4.31 Å². The van der Waals surface area contributed by atoms with E-state index in [1.165, 1.54) is 15.6 Å². The van der Waals surface area contributed by atoms with E-state index < -0.39 is 10.0 Å². The minimum atomic E-state index is -3.44. The molecule has 1 saturated heterocycles. The van der Waals surface area contributed by atoms with E-state index in [2.05, 4.69) is 0 Å². The summed E-state index contributed by atoms with van der Waals surface area (Å²) in [5.74, 6) is 0.0637. The van der Waals surface area contributed by atoms with Crippen molar-refractivity contribution < 1.29 is 13.2 Å². The predicted molar refractivity (Wildman–Crippen MR) is 104 cm³/mol. The molecule has 1 aliphatic rings. The maximum atomic E-state index is 13.1. The molecule has 1 atom stereocenters. The second-order valence-corrected chi connectivity index (χ2v) is 9.91. The Morgan fingerprint density at radius 3 is 2.19 bits per heavy atom. The van der Waals surface area contributed by atoms with E-state index in [4.69, 9.17) is 0 Å². The van der Waals surface area contributed by atoms with Gasteiger partial charge in [-0.25, -0.2) is 8.42 Å². The number of rotatable bonds is 5. The van der Waals surface area contributed by atoms with Gasteiger partial charge in [0.1, 0.15) is 4.21 Å². The molecule has 0 spiro atoms. The number of benzene rings is 1. The maximum absolute atomic E-state index is 13.1. The van der Waals surface area contributed by atoms with E-state index in [9.17, 15) is 13.2 Å². The summed E-state index contributed by atoms with van der Waals surface area (Å²) in [5.41, 5.74) is 1.01. The lowest BCUT2D eigenvalue weighted by molar-refractivity contribution is -0.135. The highest BCUT2D eigenvalue weighted by Crippen LogP contribution is 2.28. The molecule has 1 fully saturated rings. The molecular weight excluding hydrogens is 368 g/mol. The van der Waals surface area contributed by atoms with Gasteiger partial charge in [-0.3, -0.25) is 4.79 Å². The summed E-state index contributed by atoms with van der Waals surface area (Å²) < 4.78 is 27.1. The largest absolute Gasteiger partial charge is 0.340 e. The molecule has 2 aromatic rings. The van der Waals surface area contributed by atoms with Crippen molar-refractivity contribution in [1.29, 1.82) is 0 Å². The fourth-order valence-corrected chi connectivity index (χ4v) is 5.92. The molecule has 1 unspecified atom stereocenters. The number of hydrogen-bond donors (Lipinski definition) is 0. The second-order valence-electron chi connectivity index (χ2n) is 6.79. The van der Waals surface area contributed by atoms with Crippen molar-refractivity contribution in [3.63, 3.8) is 0 Å². The molecule has 5 nitrogen and oxygen atoms in total. The molecule has 2 heterocycles. The SMILES string of the molecule is CC(C)C(C(=O)N1CCN(S(=O)(=O)c2cccs2)CC1)c1ccccc1. The van der Waals surface area contributed by atoms with Crippen LogP contribution in [-0.2, 0) is 14.8 Å². The molecule has 7 heteroatoms. The summed E-state index contributed by atoms with van der Waals surface area (Å²) in [6, 6.07) is 13.2. The van der Waals surface area contributed by atoms with Gasteiger partial charge in [0, 0.05) is 26.2 Å². The molecule has 1 amide bonds. The Bertz CT molecular complexity index is 825. The van der Waals surface area contributed by atoms with Crippen molar-refractivity contribution in [3.05, 3.63) is 53.4 Å². The van der Waals surface area contributed by atoms with E-state index in [0.717, 1.165) is 5.56 Å². The lowest BCUT2D eigenvalue weighted by Crippen LogP contribution is -2.51. The van der Waals surface area contributed by atoms with Crippen LogP contribution >= 0.6 is 11.3 Å². The molecule has 26 heavy (non-hydrogen) atoms. The van der Waals surface area contributed by atoms with Crippen LogP contribution in [0.1, 0.15) is 25.3 Å². The first-order valence-corrected chi connectivity index (χ1v) is 11.1. The van der Waals surface area contributed by atoms with Crippen LogP contribution in [0.4, 0.5) is 0 Å². The molecule has 1 aromatic carbocycles. The standard InChI is InChI=1S/C19H24N2O3S2/c1-15(2)18(16-7-4-3-5-8-16)19(22)20-10-12-21(13-11-20)26(23,24)17-9-6-14-25-17/h3-9,14-15,18H,10-13H2,1-2H3. The third-order valence-corrected chi connectivity index (χ3v) is 8.00. The summed E-state index contributed by atoms with van der Waals surface area (Å²) in [6.45, 7) is 5.64. The van der Waals surface area contributed by atoms with Crippen LogP contribution in [0.5, 0.6) is 0 Å². The molecule has 0 bridgehead atoms. The van der Waals surface area contributed by atoms with Crippen LogP contribution in [0, 0.1) is 5.92 Å². The minimum absolute atomic E-state index is 0.0828. The topological polar surface area (TPSA) is 57.7 Å². The van der Waals surface area contributed by atoms with Crippen LogP contribution in [0.2, 0.25) is 0 Å². The predicted octanol–water partition coefficient (Wildman–Crippen LogP) is 3.02. The Morgan fingerprint density at radius 1 is 1.00 bits per heavy atom. The van der Waals surface area contributed by atoms with E-state index in [-0.39, 0.29) is 17.7 Å². The van der Waals surface area contributed by atoms with E-state index >= 15 is 0 Å². The first kappa shape index (κ1) is 19.1. The van der Waals surface area contributed by atoms with E-state index in [1.54, 1.807) is 22.4 Å². The highest BCUT2D eigenvalue weighted by molar-refractivity contribution is 7.91. The molecule has 0 radical (unpaired) electrons. The molecule has 0 saturated carbocycles. The van der Waals surface area contributed by atoms with Gasteiger partial charge in [0.25, 0.3) is 10.0 Å². The van der Waals surface area contributed by atoms with Gasteiger partial charge >= 0.3 is 0 Å². The van der Waals surface area contributed by atoms with Crippen LogP contribution < -0.4 is 0 Å². The maximum Gasteiger partial charge on any atom is 0.252 e. The van der Waals surface area contributed by atoms with Crippen molar-refractivity contribution in [2.24, 2.45) is 5.92 Å². The summed E-state index contributed by atoms with van der Waals surface area (Å²) in [5, 5.41) is 1.76. The van der Waals surface area contributed by atoms with Gasteiger partial charge < -0.3 is 4.90 Å². The average molecular weight is 393 g/mol. The number of hydrogen-bond acceptors (Lipinski definition) is 4. The molecule has 140 valence electrons. The summed E-state index contributed by atoms with van der Waals surface area (Å²) >= 11 is 1.23. The number of nitrogens with zero attached hydrogens (tertiary/aromatic N) is 2. The van der Waals surface area contributed by atoms with Gasteiger partial charge in [0.15, 0.2) is 0 Å².